The lowest BCUT2D eigenvalue weighted by molar-refractivity contribution is -0.384. The van der Waals surface area contributed by atoms with Crippen molar-refractivity contribution in [2.45, 2.75) is 20.4 Å². The van der Waals surface area contributed by atoms with Crippen LogP contribution in [0, 0.1) is 16.0 Å². The van der Waals surface area contributed by atoms with Gasteiger partial charge < -0.3 is 10.6 Å². The lowest BCUT2D eigenvalue weighted by Gasteiger charge is -2.11. The maximum atomic E-state index is 12.6. The summed E-state index contributed by atoms with van der Waals surface area (Å²) < 4.78 is 0. The molecule has 3 aromatic carbocycles. The van der Waals surface area contributed by atoms with Crippen molar-refractivity contribution in [1.29, 1.82) is 0 Å². The van der Waals surface area contributed by atoms with Gasteiger partial charge in [0, 0.05) is 35.3 Å². The lowest BCUT2D eigenvalue weighted by Crippen LogP contribution is -2.17. The molecule has 7 nitrogen and oxygen atoms in total. The van der Waals surface area contributed by atoms with Crippen LogP contribution in [0.2, 0.25) is 0 Å². The molecule has 0 spiro atoms. The molecule has 158 valence electrons. The second-order valence-corrected chi connectivity index (χ2v) is 7.38. The predicted molar refractivity (Wildman–Crippen MR) is 120 cm³/mol. The van der Waals surface area contributed by atoms with Crippen LogP contribution in [0.5, 0.6) is 0 Å². The molecule has 0 aliphatic carbocycles. The summed E-state index contributed by atoms with van der Waals surface area (Å²) in [6.45, 7) is 3.99. The summed E-state index contributed by atoms with van der Waals surface area (Å²) in [6, 6.07) is 20.3. The Balaban J connectivity index is 1.72. The van der Waals surface area contributed by atoms with E-state index in [4.69, 9.17) is 0 Å². The Morgan fingerprint density at radius 1 is 0.935 bits per heavy atom. The molecule has 0 aliphatic rings. The summed E-state index contributed by atoms with van der Waals surface area (Å²) in [6.07, 6.45) is 0. The van der Waals surface area contributed by atoms with Gasteiger partial charge >= 0.3 is 0 Å². The van der Waals surface area contributed by atoms with Crippen molar-refractivity contribution in [2.75, 3.05) is 10.6 Å². The number of nitro benzene ring substituents is 1. The second-order valence-electron chi connectivity index (χ2n) is 7.38. The van der Waals surface area contributed by atoms with Crippen LogP contribution in [-0.2, 0) is 11.3 Å². The van der Waals surface area contributed by atoms with E-state index in [1.807, 2.05) is 26.0 Å². The Bertz CT molecular complexity index is 1090. The minimum absolute atomic E-state index is 0.0633. The van der Waals surface area contributed by atoms with E-state index in [1.54, 1.807) is 54.6 Å². The SMILES string of the molecule is CC(C)C(=O)Nc1ccc(CNc2ccc(C(=O)c3ccccc3)cc2[N+](=O)[O-])cc1. The van der Waals surface area contributed by atoms with Crippen LogP contribution in [0.4, 0.5) is 17.1 Å². The van der Waals surface area contributed by atoms with Gasteiger partial charge in [-0.3, -0.25) is 19.7 Å². The zero-order valence-electron chi connectivity index (χ0n) is 17.3. The first-order valence-corrected chi connectivity index (χ1v) is 9.87. The first kappa shape index (κ1) is 21.7. The number of benzene rings is 3. The summed E-state index contributed by atoms with van der Waals surface area (Å²) in [5.74, 6) is -0.445. The average Bonchev–Trinajstić information content (AvgIpc) is 2.78. The molecular weight excluding hydrogens is 394 g/mol. The summed E-state index contributed by atoms with van der Waals surface area (Å²) in [7, 11) is 0. The Kier molecular flexibility index (Phi) is 6.77. The molecule has 0 aromatic heterocycles. The van der Waals surface area contributed by atoms with Crippen molar-refractivity contribution in [3.63, 3.8) is 0 Å². The predicted octanol–water partition coefficient (Wildman–Crippen LogP) is 5.03. The summed E-state index contributed by atoms with van der Waals surface area (Å²) in [4.78, 5) is 35.4. The van der Waals surface area contributed by atoms with Crippen molar-refractivity contribution in [2.24, 2.45) is 5.92 Å². The number of hydrogen-bond acceptors (Lipinski definition) is 5. The zero-order chi connectivity index (χ0) is 22.4. The van der Waals surface area contributed by atoms with Crippen LogP contribution in [0.15, 0.2) is 72.8 Å². The average molecular weight is 417 g/mol. The van der Waals surface area contributed by atoms with Gasteiger partial charge in [0.25, 0.3) is 5.69 Å². The number of anilines is 2. The molecule has 0 bridgehead atoms. The third-order valence-electron chi connectivity index (χ3n) is 4.72. The van der Waals surface area contributed by atoms with E-state index in [9.17, 15) is 19.7 Å². The molecule has 0 heterocycles. The van der Waals surface area contributed by atoms with E-state index in [2.05, 4.69) is 10.6 Å². The molecule has 0 unspecified atom stereocenters. The normalized spacial score (nSPS) is 10.5. The number of amides is 1. The second kappa shape index (κ2) is 9.67. The first-order chi connectivity index (χ1) is 14.8. The lowest BCUT2D eigenvalue weighted by atomic mass is 10.0. The van der Waals surface area contributed by atoms with Gasteiger partial charge in [-0.2, -0.15) is 0 Å². The van der Waals surface area contributed by atoms with Crippen molar-refractivity contribution in [1.82, 2.24) is 0 Å². The highest BCUT2D eigenvalue weighted by atomic mass is 16.6. The number of rotatable bonds is 8. The zero-order valence-corrected chi connectivity index (χ0v) is 17.3. The first-order valence-electron chi connectivity index (χ1n) is 9.87. The standard InChI is InChI=1S/C24H23N3O4/c1-16(2)24(29)26-20-11-8-17(9-12-20)15-25-21-13-10-19(14-22(21)27(30)31)23(28)18-6-4-3-5-7-18/h3-14,16,25H,15H2,1-2H3,(H,26,29). The van der Waals surface area contributed by atoms with Crippen LogP contribution in [0.25, 0.3) is 0 Å². The van der Waals surface area contributed by atoms with Gasteiger partial charge in [0.2, 0.25) is 5.91 Å². The minimum Gasteiger partial charge on any atom is -0.375 e. The molecule has 0 fully saturated rings. The molecule has 0 aliphatic heterocycles. The van der Waals surface area contributed by atoms with Crippen molar-refractivity contribution >= 4 is 28.8 Å². The topological polar surface area (TPSA) is 101 Å². The van der Waals surface area contributed by atoms with Crippen molar-refractivity contribution in [3.05, 3.63) is 99.6 Å². The summed E-state index contributed by atoms with van der Waals surface area (Å²) in [5.41, 5.74) is 2.48. The number of hydrogen-bond donors (Lipinski definition) is 2. The number of nitrogens with one attached hydrogen (secondary N) is 2. The molecule has 31 heavy (non-hydrogen) atoms. The molecule has 3 rings (SSSR count). The molecule has 0 radical (unpaired) electrons. The van der Waals surface area contributed by atoms with E-state index in [1.165, 1.54) is 6.07 Å². The van der Waals surface area contributed by atoms with Gasteiger partial charge in [-0.15, -0.1) is 0 Å². The molecule has 0 saturated carbocycles. The Morgan fingerprint density at radius 2 is 1.61 bits per heavy atom. The number of carbonyl (C=O) groups excluding carboxylic acids is 2. The number of ketones is 1. The van der Waals surface area contributed by atoms with Gasteiger partial charge in [0.15, 0.2) is 5.78 Å². The maximum absolute atomic E-state index is 12.6. The van der Waals surface area contributed by atoms with E-state index in [-0.39, 0.29) is 28.9 Å². The Hall–Kier alpha value is -4.00. The molecule has 0 saturated heterocycles. The molecular formula is C24H23N3O4. The van der Waals surface area contributed by atoms with E-state index < -0.39 is 4.92 Å². The number of nitrogens with zero attached hydrogens (tertiary/aromatic N) is 1. The fourth-order valence-corrected chi connectivity index (χ4v) is 2.92. The smallest absolute Gasteiger partial charge is 0.293 e. The molecule has 7 heteroatoms. The monoisotopic (exact) mass is 417 g/mol. The van der Waals surface area contributed by atoms with Crippen molar-refractivity contribution < 1.29 is 14.5 Å². The molecule has 3 aromatic rings. The van der Waals surface area contributed by atoms with Crippen LogP contribution >= 0.6 is 0 Å². The maximum Gasteiger partial charge on any atom is 0.293 e. The van der Waals surface area contributed by atoms with E-state index in [0.29, 0.717) is 23.5 Å². The van der Waals surface area contributed by atoms with Crippen LogP contribution in [0.1, 0.15) is 35.3 Å². The Labute approximate surface area is 180 Å². The highest BCUT2D eigenvalue weighted by molar-refractivity contribution is 6.09. The fraction of sp³-hybridized carbons (Fsp3) is 0.167. The van der Waals surface area contributed by atoms with Gasteiger partial charge in [-0.1, -0.05) is 56.3 Å². The number of nitro groups is 1. The Morgan fingerprint density at radius 3 is 2.23 bits per heavy atom. The minimum atomic E-state index is -0.505. The van der Waals surface area contributed by atoms with Gasteiger partial charge in [-0.25, -0.2) is 0 Å². The number of carbonyl (C=O) groups is 2. The van der Waals surface area contributed by atoms with Crippen LogP contribution in [-0.4, -0.2) is 16.6 Å². The van der Waals surface area contributed by atoms with Crippen LogP contribution in [0.3, 0.4) is 0 Å². The van der Waals surface area contributed by atoms with Gasteiger partial charge in [0.05, 0.1) is 4.92 Å². The quantitative estimate of drug-likeness (QED) is 0.304. The van der Waals surface area contributed by atoms with Gasteiger partial charge in [0.1, 0.15) is 5.69 Å². The van der Waals surface area contributed by atoms with E-state index >= 15 is 0 Å². The fourth-order valence-electron chi connectivity index (χ4n) is 2.92. The van der Waals surface area contributed by atoms with Crippen LogP contribution < -0.4 is 10.6 Å². The largest absolute Gasteiger partial charge is 0.375 e. The summed E-state index contributed by atoms with van der Waals surface area (Å²) >= 11 is 0. The molecule has 1 amide bonds. The van der Waals surface area contributed by atoms with Gasteiger partial charge in [-0.05, 0) is 29.8 Å². The highest BCUT2D eigenvalue weighted by Crippen LogP contribution is 2.27. The molecule has 0 atom stereocenters. The third-order valence-corrected chi connectivity index (χ3v) is 4.72. The summed E-state index contributed by atoms with van der Waals surface area (Å²) in [5, 5.41) is 17.4. The molecule has 2 N–H and O–H groups in total. The van der Waals surface area contributed by atoms with Crippen molar-refractivity contribution in [3.8, 4) is 0 Å². The van der Waals surface area contributed by atoms with E-state index in [0.717, 1.165) is 5.56 Å². The third kappa shape index (κ3) is 5.54. The highest BCUT2D eigenvalue weighted by Gasteiger charge is 2.18.